The molecule has 20 heavy (non-hydrogen) atoms. The van der Waals surface area contributed by atoms with Crippen LogP contribution in [0.1, 0.15) is 51.4 Å². The molecule has 116 valence electrons. The van der Waals surface area contributed by atoms with Crippen molar-refractivity contribution in [3.8, 4) is 24.7 Å². The second-order valence-corrected chi connectivity index (χ2v) is 5.56. The van der Waals surface area contributed by atoms with E-state index in [0.717, 1.165) is 51.4 Å². The number of terminal acetylenes is 2. The van der Waals surface area contributed by atoms with Gasteiger partial charge in [-0.05, 0) is 51.4 Å². The van der Waals surface area contributed by atoms with E-state index in [1.165, 1.54) is 0 Å². The number of rotatable bonds is 0. The predicted molar refractivity (Wildman–Crippen MR) is 92.0 cm³/mol. The topological polar surface area (TPSA) is 52.0 Å². The Hall–Kier alpha value is -0.380. The van der Waals surface area contributed by atoms with Gasteiger partial charge in [-0.2, -0.15) is 0 Å². The Morgan fingerprint density at radius 3 is 1.05 bits per heavy atom. The molecular formula is C16H28Cl2N2. The minimum absolute atomic E-state index is 0. The monoisotopic (exact) mass is 318 g/mol. The van der Waals surface area contributed by atoms with Crippen LogP contribution in [0.5, 0.6) is 0 Å². The van der Waals surface area contributed by atoms with Gasteiger partial charge in [-0.25, -0.2) is 0 Å². The number of hydrogen-bond acceptors (Lipinski definition) is 2. The lowest BCUT2D eigenvalue weighted by molar-refractivity contribution is 0.384. The summed E-state index contributed by atoms with van der Waals surface area (Å²) in [5.74, 6) is 6.57. The Balaban J connectivity index is 0. The molecule has 0 aromatic carbocycles. The van der Waals surface area contributed by atoms with Crippen molar-refractivity contribution < 1.29 is 0 Å². The van der Waals surface area contributed by atoms with E-state index in [0.29, 0.717) is 23.9 Å². The molecule has 2 aliphatic rings. The summed E-state index contributed by atoms with van der Waals surface area (Å²) in [5.41, 5.74) is 11.4. The van der Waals surface area contributed by atoms with Crippen LogP contribution in [0.15, 0.2) is 0 Å². The summed E-state index contributed by atoms with van der Waals surface area (Å²) in [5, 5.41) is 0. The van der Waals surface area contributed by atoms with Gasteiger partial charge < -0.3 is 11.5 Å². The van der Waals surface area contributed by atoms with Crippen molar-refractivity contribution in [2.45, 2.75) is 63.5 Å². The fraction of sp³-hybridized carbons (Fsp3) is 0.750. The van der Waals surface area contributed by atoms with Crippen LogP contribution >= 0.6 is 24.8 Å². The molecule has 0 atom stereocenters. The van der Waals surface area contributed by atoms with E-state index in [2.05, 4.69) is 11.8 Å². The van der Waals surface area contributed by atoms with Crippen molar-refractivity contribution in [3.05, 3.63) is 0 Å². The Morgan fingerprint density at radius 2 is 0.850 bits per heavy atom. The van der Waals surface area contributed by atoms with E-state index >= 15 is 0 Å². The third kappa shape index (κ3) is 8.72. The van der Waals surface area contributed by atoms with Crippen LogP contribution in [0.4, 0.5) is 0 Å². The molecule has 0 radical (unpaired) electrons. The molecule has 2 nitrogen and oxygen atoms in total. The summed E-state index contributed by atoms with van der Waals surface area (Å²) in [7, 11) is 0. The zero-order chi connectivity index (χ0) is 13.4. The standard InChI is InChI=1S/2C8H13N.2ClH/c2*1-2-7-3-5-8(9)6-4-7;;/h2*1,7-8H,3-6,9H2;2*1H. The number of nitrogens with two attached hydrogens (primary N) is 2. The fourth-order valence-electron chi connectivity index (χ4n) is 2.57. The fourth-order valence-corrected chi connectivity index (χ4v) is 2.57. The smallest absolute Gasteiger partial charge is 0.0201 e. The van der Waals surface area contributed by atoms with Gasteiger partial charge >= 0.3 is 0 Å². The largest absolute Gasteiger partial charge is 0.328 e. The van der Waals surface area contributed by atoms with Gasteiger partial charge in [0.25, 0.3) is 0 Å². The lowest BCUT2D eigenvalue weighted by Crippen LogP contribution is -2.25. The summed E-state index contributed by atoms with van der Waals surface area (Å²) in [6.07, 6.45) is 19.5. The minimum Gasteiger partial charge on any atom is -0.328 e. The van der Waals surface area contributed by atoms with Crippen molar-refractivity contribution in [1.29, 1.82) is 0 Å². The van der Waals surface area contributed by atoms with Crippen LogP contribution in [-0.4, -0.2) is 12.1 Å². The molecule has 0 saturated heterocycles. The van der Waals surface area contributed by atoms with Crippen LogP contribution in [0, 0.1) is 36.5 Å². The molecule has 0 unspecified atom stereocenters. The van der Waals surface area contributed by atoms with Crippen molar-refractivity contribution in [2.24, 2.45) is 23.3 Å². The molecule has 4 N–H and O–H groups in total. The summed E-state index contributed by atoms with van der Waals surface area (Å²) in [6, 6.07) is 0.851. The van der Waals surface area contributed by atoms with Crippen molar-refractivity contribution in [2.75, 3.05) is 0 Å². The van der Waals surface area contributed by atoms with Crippen LogP contribution in [0.25, 0.3) is 0 Å². The summed E-state index contributed by atoms with van der Waals surface area (Å²) in [6.45, 7) is 0. The van der Waals surface area contributed by atoms with Crippen molar-refractivity contribution >= 4 is 24.8 Å². The molecular weight excluding hydrogens is 291 g/mol. The lowest BCUT2D eigenvalue weighted by Gasteiger charge is -2.21. The molecule has 0 aliphatic heterocycles. The maximum Gasteiger partial charge on any atom is 0.0201 e. The summed E-state index contributed by atoms with van der Waals surface area (Å²) < 4.78 is 0. The normalized spacial score (nSPS) is 32.0. The van der Waals surface area contributed by atoms with E-state index in [1.807, 2.05) is 0 Å². The molecule has 0 aromatic heterocycles. The molecule has 4 heteroatoms. The zero-order valence-corrected chi connectivity index (χ0v) is 13.7. The average Bonchev–Trinajstić information content (AvgIpc) is 2.41. The zero-order valence-electron chi connectivity index (χ0n) is 12.1. The quantitative estimate of drug-likeness (QED) is 0.674. The van der Waals surface area contributed by atoms with E-state index in [9.17, 15) is 0 Å². The highest BCUT2D eigenvalue weighted by Crippen LogP contribution is 2.22. The highest BCUT2D eigenvalue weighted by atomic mass is 35.5. The van der Waals surface area contributed by atoms with Gasteiger partial charge in [0.15, 0.2) is 0 Å². The lowest BCUT2D eigenvalue weighted by atomic mass is 9.87. The van der Waals surface area contributed by atoms with Gasteiger partial charge in [-0.1, -0.05) is 0 Å². The number of halogens is 2. The van der Waals surface area contributed by atoms with Crippen LogP contribution < -0.4 is 11.5 Å². The number of hydrogen-bond donors (Lipinski definition) is 2. The second-order valence-electron chi connectivity index (χ2n) is 5.56. The molecule has 0 heterocycles. The van der Waals surface area contributed by atoms with Gasteiger partial charge in [0.2, 0.25) is 0 Å². The van der Waals surface area contributed by atoms with Crippen LogP contribution in [-0.2, 0) is 0 Å². The van der Waals surface area contributed by atoms with Gasteiger partial charge in [0.1, 0.15) is 0 Å². The molecule has 2 rings (SSSR count). The third-order valence-electron chi connectivity index (χ3n) is 4.02. The van der Waals surface area contributed by atoms with Gasteiger partial charge in [0, 0.05) is 23.9 Å². The van der Waals surface area contributed by atoms with E-state index < -0.39 is 0 Å². The first kappa shape index (κ1) is 21.9. The second kappa shape index (κ2) is 12.4. The third-order valence-corrected chi connectivity index (χ3v) is 4.02. The molecule has 0 bridgehead atoms. The molecule has 2 saturated carbocycles. The Kier molecular flexibility index (Phi) is 13.5. The summed E-state index contributed by atoms with van der Waals surface area (Å²) >= 11 is 0. The Labute approximate surface area is 136 Å². The first-order chi connectivity index (χ1) is 8.65. The van der Waals surface area contributed by atoms with Crippen LogP contribution in [0.2, 0.25) is 0 Å². The predicted octanol–water partition coefficient (Wildman–Crippen LogP) is 3.12. The molecule has 0 amide bonds. The molecule has 0 spiro atoms. The SMILES string of the molecule is C#CC1CCC(N)CC1.C#CC1CCC(N)CC1.Cl.Cl. The molecule has 0 aromatic rings. The van der Waals surface area contributed by atoms with Crippen LogP contribution in [0.3, 0.4) is 0 Å². The Morgan fingerprint density at radius 1 is 0.600 bits per heavy atom. The first-order valence-electron chi connectivity index (χ1n) is 7.09. The first-order valence-corrected chi connectivity index (χ1v) is 7.09. The van der Waals surface area contributed by atoms with Gasteiger partial charge in [-0.15, -0.1) is 49.5 Å². The van der Waals surface area contributed by atoms with Gasteiger partial charge in [-0.3, -0.25) is 0 Å². The van der Waals surface area contributed by atoms with Crippen molar-refractivity contribution in [3.63, 3.8) is 0 Å². The molecule has 2 fully saturated rings. The maximum atomic E-state index is 5.68. The minimum atomic E-state index is 0. The van der Waals surface area contributed by atoms with E-state index in [4.69, 9.17) is 24.3 Å². The van der Waals surface area contributed by atoms with E-state index in [-0.39, 0.29) is 24.8 Å². The van der Waals surface area contributed by atoms with Gasteiger partial charge in [0.05, 0.1) is 0 Å². The summed E-state index contributed by atoms with van der Waals surface area (Å²) in [4.78, 5) is 0. The highest BCUT2D eigenvalue weighted by Gasteiger charge is 2.16. The van der Waals surface area contributed by atoms with Crippen molar-refractivity contribution in [1.82, 2.24) is 0 Å². The maximum absolute atomic E-state index is 5.68. The highest BCUT2D eigenvalue weighted by molar-refractivity contribution is 5.85. The Bertz CT molecular complexity index is 271. The molecule has 2 aliphatic carbocycles. The van der Waals surface area contributed by atoms with E-state index in [1.54, 1.807) is 0 Å². The average molecular weight is 319 g/mol.